The summed E-state index contributed by atoms with van der Waals surface area (Å²) < 4.78 is 0.946. The first-order valence-corrected chi connectivity index (χ1v) is 15.0. The Kier molecular flexibility index (Phi) is 7.60. The number of amides is 1. The van der Waals surface area contributed by atoms with Crippen LogP contribution in [0.2, 0.25) is 0 Å². The van der Waals surface area contributed by atoms with Crippen LogP contribution in [-0.4, -0.2) is 46.9 Å². The highest BCUT2D eigenvalue weighted by atomic mass is 79.9. The van der Waals surface area contributed by atoms with Gasteiger partial charge in [-0.25, -0.2) is 4.98 Å². The largest absolute Gasteiger partial charge is 0.336 e. The number of fused-ring (bicyclic) bond motifs is 1. The monoisotopic (exact) mass is 595 g/mol. The van der Waals surface area contributed by atoms with E-state index in [0.717, 1.165) is 51.0 Å². The van der Waals surface area contributed by atoms with Crippen LogP contribution in [-0.2, 0) is 6.42 Å². The molecule has 196 valence electrons. The third kappa shape index (κ3) is 5.42. The highest BCUT2D eigenvalue weighted by molar-refractivity contribution is 9.10. The number of hydrogen-bond donors (Lipinski definition) is 0. The Labute approximate surface area is 242 Å². The Morgan fingerprint density at radius 2 is 1.54 bits per heavy atom. The molecule has 3 aromatic carbocycles. The summed E-state index contributed by atoms with van der Waals surface area (Å²) in [5.74, 6) is 0.0737. The summed E-state index contributed by atoms with van der Waals surface area (Å²) in [7, 11) is 0. The quantitative estimate of drug-likeness (QED) is 0.201. The third-order valence-electron chi connectivity index (χ3n) is 7.46. The summed E-state index contributed by atoms with van der Waals surface area (Å²) in [6, 6.07) is 33.8. The first-order valence-electron chi connectivity index (χ1n) is 13.4. The Hall–Kier alpha value is -3.32. The number of carbonyl (C=O) groups excluding carboxylic acids is 1. The lowest BCUT2D eigenvalue weighted by Gasteiger charge is -2.40. The summed E-state index contributed by atoms with van der Waals surface area (Å²) >= 11 is 5.35. The maximum absolute atomic E-state index is 14.1. The maximum Gasteiger partial charge on any atom is 0.254 e. The van der Waals surface area contributed by atoms with Gasteiger partial charge in [0, 0.05) is 40.9 Å². The summed E-state index contributed by atoms with van der Waals surface area (Å²) in [6.07, 6.45) is 0.994. The number of aromatic nitrogens is 1. The van der Waals surface area contributed by atoms with Crippen molar-refractivity contribution < 1.29 is 4.79 Å². The van der Waals surface area contributed by atoms with Gasteiger partial charge in [0.1, 0.15) is 0 Å². The van der Waals surface area contributed by atoms with Crippen molar-refractivity contribution in [1.29, 1.82) is 0 Å². The van der Waals surface area contributed by atoms with Gasteiger partial charge in [-0.05, 0) is 53.9 Å². The Bertz CT molecular complexity index is 1550. The molecule has 3 heterocycles. The fourth-order valence-electron chi connectivity index (χ4n) is 5.45. The van der Waals surface area contributed by atoms with Crippen LogP contribution >= 0.6 is 27.3 Å². The van der Waals surface area contributed by atoms with E-state index >= 15 is 0 Å². The van der Waals surface area contributed by atoms with Gasteiger partial charge in [-0.15, -0.1) is 11.3 Å². The van der Waals surface area contributed by atoms with E-state index in [0.29, 0.717) is 13.1 Å². The topological polar surface area (TPSA) is 36.4 Å². The van der Waals surface area contributed by atoms with Crippen molar-refractivity contribution in [3.05, 3.63) is 123 Å². The fourth-order valence-corrected chi connectivity index (χ4v) is 6.71. The number of carbonyl (C=O) groups is 1. The second-order valence-corrected chi connectivity index (χ2v) is 12.0. The normalized spacial score (nSPS) is 14.3. The molecule has 6 heteroatoms. The lowest BCUT2D eigenvalue weighted by molar-refractivity contribution is 0.0599. The fraction of sp³-hybridized carbons (Fsp3) is 0.212. The molecule has 0 bridgehead atoms. The van der Waals surface area contributed by atoms with Crippen LogP contribution in [0.25, 0.3) is 21.5 Å². The molecule has 6 rings (SSSR count). The molecule has 1 fully saturated rings. The van der Waals surface area contributed by atoms with E-state index < -0.39 is 0 Å². The van der Waals surface area contributed by atoms with Crippen molar-refractivity contribution in [3.63, 3.8) is 0 Å². The van der Waals surface area contributed by atoms with Gasteiger partial charge in [-0.1, -0.05) is 83.5 Å². The molecule has 39 heavy (non-hydrogen) atoms. The number of rotatable bonds is 6. The zero-order chi connectivity index (χ0) is 26.8. The van der Waals surface area contributed by atoms with Gasteiger partial charge in [0.15, 0.2) is 0 Å². The highest BCUT2D eigenvalue weighted by Crippen LogP contribution is 2.33. The summed E-state index contributed by atoms with van der Waals surface area (Å²) in [5.41, 5.74) is 4.99. The second-order valence-electron chi connectivity index (χ2n) is 9.89. The average Bonchev–Trinajstić information content (AvgIpc) is 3.48. The van der Waals surface area contributed by atoms with Crippen molar-refractivity contribution in [1.82, 2.24) is 14.8 Å². The Balaban J connectivity index is 1.29. The molecule has 0 saturated carbocycles. The van der Waals surface area contributed by atoms with Crippen LogP contribution < -0.4 is 0 Å². The maximum atomic E-state index is 14.1. The van der Waals surface area contributed by atoms with Crippen molar-refractivity contribution in [2.75, 3.05) is 26.2 Å². The second kappa shape index (κ2) is 11.4. The van der Waals surface area contributed by atoms with E-state index in [1.807, 2.05) is 29.2 Å². The minimum absolute atomic E-state index is 0.0737. The van der Waals surface area contributed by atoms with E-state index in [2.05, 4.69) is 101 Å². The molecule has 4 nitrogen and oxygen atoms in total. The van der Waals surface area contributed by atoms with Crippen LogP contribution in [0.15, 0.2) is 102 Å². The molecule has 2 aromatic heterocycles. The number of piperazine rings is 1. The minimum atomic E-state index is 0.0737. The number of thiophene rings is 1. The predicted octanol–water partition coefficient (Wildman–Crippen LogP) is 7.84. The van der Waals surface area contributed by atoms with Gasteiger partial charge in [-0.2, -0.15) is 0 Å². The molecular weight excluding hydrogens is 566 g/mol. The predicted molar refractivity (Wildman–Crippen MR) is 164 cm³/mol. The molecule has 5 aromatic rings. The van der Waals surface area contributed by atoms with Crippen molar-refractivity contribution >= 4 is 44.1 Å². The molecule has 0 aliphatic carbocycles. The molecule has 1 amide bonds. The first kappa shape index (κ1) is 25.9. The molecule has 1 aliphatic rings. The van der Waals surface area contributed by atoms with Gasteiger partial charge in [0.25, 0.3) is 5.91 Å². The number of nitrogens with zero attached hydrogens (tertiary/aromatic N) is 3. The van der Waals surface area contributed by atoms with Crippen molar-refractivity contribution in [2.45, 2.75) is 19.4 Å². The van der Waals surface area contributed by atoms with E-state index in [1.54, 1.807) is 11.3 Å². The first-order chi connectivity index (χ1) is 19.1. The van der Waals surface area contributed by atoms with Crippen LogP contribution in [0.5, 0.6) is 0 Å². The lowest BCUT2D eigenvalue weighted by atomic mass is 9.96. The standard InChI is InChI=1S/C33H30BrN3OS/c1-2-26-14-16-31(39-26)30-22-28(27-21-25(34)13-15-29(27)35-30)33(38)37-19-17-36(18-20-37)32(23-9-5-3-6-10-23)24-11-7-4-8-12-24/h3-16,21-22,32H,2,17-20H2,1H3. The molecule has 1 aliphatic heterocycles. The summed E-state index contributed by atoms with van der Waals surface area (Å²) in [4.78, 5) is 25.9. The number of pyridine rings is 1. The summed E-state index contributed by atoms with van der Waals surface area (Å²) in [5, 5.41) is 0.888. The number of benzene rings is 3. The average molecular weight is 597 g/mol. The van der Waals surface area contributed by atoms with E-state index in [-0.39, 0.29) is 11.9 Å². The van der Waals surface area contributed by atoms with Gasteiger partial charge in [0.05, 0.1) is 27.7 Å². The zero-order valence-corrected chi connectivity index (χ0v) is 24.3. The van der Waals surface area contributed by atoms with Crippen molar-refractivity contribution in [3.8, 4) is 10.6 Å². The van der Waals surface area contributed by atoms with Crippen LogP contribution in [0.4, 0.5) is 0 Å². The van der Waals surface area contributed by atoms with Gasteiger partial charge in [-0.3, -0.25) is 9.69 Å². The molecular formula is C33H30BrN3OS. The van der Waals surface area contributed by atoms with Gasteiger partial charge < -0.3 is 4.90 Å². The van der Waals surface area contributed by atoms with E-state index in [9.17, 15) is 4.79 Å². The highest BCUT2D eigenvalue weighted by Gasteiger charge is 2.29. The number of aryl methyl sites for hydroxylation is 1. The molecule has 1 saturated heterocycles. The van der Waals surface area contributed by atoms with Crippen LogP contribution in [0.1, 0.15) is 39.3 Å². The van der Waals surface area contributed by atoms with Crippen LogP contribution in [0, 0.1) is 0 Å². The SMILES string of the molecule is CCc1ccc(-c2cc(C(=O)N3CCN(C(c4ccccc4)c4ccccc4)CC3)c3cc(Br)ccc3n2)s1. The summed E-state index contributed by atoms with van der Waals surface area (Å²) in [6.45, 7) is 5.15. The molecule has 0 spiro atoms. The Morgan fingerprint density at radius 1 is 0.872 bits per heavy atom. The number of hydrogen-bond acceptors (Lipinski definition) is 4. The Morgan fingerprint density at radius 3 is 2.15 bits per heavy atom. The minimum Gasteiger partial charge on any atom is -0.336 e. The molecule has 0 N–H and O–H groups in total. The van der Waals surface area contributed by atoms with Crippen LogP contribution in [0.3, 0.4) is 0 Å². The molecule has 0 unspecified atom stereocenters. The third-order valence-corrected chi connectivity index (χ3v) is 9.21. The number of halogens is 1. The van der Waals surface area contributed by atoms with E-state index in [1.165, 1.54) is 16.0 Å². The molecule has 0 atom stereocenters. The van der Waals surface area contributed by atoms with E-state index in [4.69, 9.17) is 4.98 Å². The van der Waals surface area contributed by atoms with Gasteiger partial charge in [0.2, 0.25) is 0 Å². The lowest BCUT2D eigenvalue weighted by Crippen LogP contribution is -2.49. The molecule has 0 radical (unpaired) electrons. The smallest absolute Gasteiger partial charge is 0.254 e. The van der Waals surface area contributed by atoms with Gasteiger partial charge >= 0.3 is 0 Å². The zero-order valence-electron chi connectivity index (χ0n) is 21.9. The van der Waals surface area contributed by atoms with Crippen molar-refractivity contribution in [2.24, 2.45) is 0 Å².